The van der Waals surface area contributed by atoms with Crippen molar-refractivity contribution in [2.45, 2.75) is 19.8 Å². The number of allylic oxidation sites excluding steroid dienone is 2. The summed E-state index contributed by atoms with van der Waals surface area (Å²) in [4.78, 5) is 26.8. The first-order chi connectivity index (χ1) is 17.2. The van der Waals surface area contributed by atoms with E-state index in [-0.39, 0.29) is 12.5 Å². The average Bonchev–Trinajstić information content (AvgIpc) is 2.90. The summed E-state index contributed by atoms with van der Waals surface area (Å²) in [6.45, 7) is 9.29. The number of anilines is 3. The van der Waals surface area contributed by atoms with Gasteiger partial charge in [-0.15, -0.1) is 0 Å². The third-order valence-electron chi connectivity index (χ3n) is 6.33. The molecule has 186 valence electrons. The van der Waals surface area contributed by atoms with E-state index in [1.54, 1.807) is 6.92 Å². The number of hydrogen-bond donors (Lipinski definition) is 1. The molecule has 10 heteroatoms. The maximum absolute atomic E-state index is 12.4. The van der Waals surface area contributed by atoms with Gasteiger partial charge in [-0.1, -0.05) is 30.3 Å². The van der Waals surface area contributed by atoms with E-state index in [1.165, 1.54) is 0 Å². The number of aromatic nitrogens is 2. The number of fused-ring (bicyclic) bond motifs is 1. The lowest BCUT2D eigenvalue weighted by atomic mass is 9.86. The lowest BCUT2D eigenvalue weighted by Gasteiger charge is -2.37. The summed E-state index contributed by atoms with van der Waals surface area (Å²) in [7, 11) is 0. The number of benzene rings is 1. The minimum absolute atomic E-state index is 0.232. The Kier molecular flexibility index (Phi) is 7.01. The second-order valence-electron chi connectivity index (χ2n) is 8.55. The zero-order valence-electron chi connectivity index (χ0n) is 20.2. The Morgan fingerprint density at radius 3 is 2.34 bits per heavy atom. The fourth-order valence-corrected chi connectivity index (χ4v) is 4.65. The van der Waals surface area contributed by atoms with Crippen LogP contribution in [0.15, 0.2) is 41.8 Å². The molecule has 3 aliphatic rings. The van der Waals surface area contributed by atoms with Gasteiger partial charge in [-0.05, 0) is 19.4 Å². The maximum Gasteiger partial charge on any atom is 0.513 e. The van der Waals surface area contributed by atoms with Crippen LogP contribution in [-0.2, 0) is 18.9 Å². The highest BCUT2D eigenvalue weighted by atomic mass is 16.7. The van der Waals surface area contributed by atoms with Crippen LogP contribution in [0.3, 0.4) is 0 Å². The van der Waals surface area contributed by atoms with Gasteiger partial charge in [0.1, 0.15) is 17.4 Å². The highest BCUT2D eigenvalue weighted by molar-refractivity contribution is 5.73. The number of nitrogens with one attached hydrogen (secondary N) is 1. The summed E-state index contributed by atoms with van der Waals surface area (Å²) < 4.78 is 22.1. The lowest BCUT2D eigenvalue weighted by Crippen LogP contribution is -2.41. The number of carbonyl (C=O) groups is 1. The molecule has 1 atom stereocenters. The highest BCUT2D eigenvalue weighted by Crippen LogP contribution is 2.46. The topological polar surface area (TPSA) is 98.3 Å². The second-order valence-corrected chi connectivity index (χ2v) is 8.55. The average molecular weight is 482 g/mol. The third kappa shape index (κ3) is 4.89. The Labute approximate surface area is 204 Å². The molecule has 0 spiro atoms. The van der Waals surface area contributed by atoms with Crippen molar-refractivity contribution in [2.24, 2.45) is 0 Å². The molecule has 1 unspecified atom stereocenters. The molecule has 5 rings (SSSR count). The summed E-state index contributed by atoms with van der Waals surface area (Å²) in [5.74, 6) is 2.30. The molecule has 2 aromatic rings. The molecule has 0 radical (unpaired) electrons. The molecule has 1 N–H and O–H groups in total. The van der Waals surface area contributed by atoms with Crippen LogP contribution in [0, 0.1) is 0 Å². The normalized spacial score (nSPS) is 20.2. The quantitative estimate of drug-likeness (QED) is 0.642. The first-order valence-corrected chi connectivity index (χ1v) is 12.1. The molecule has 0 aliphatic carbocycles. The molecule has 2 fully saturated rings. The standard InChI is InChI=1S/C25H31N5O5/c1-3-34-25(31)35-21-17(2)26-22-20(19(21)18-7-5-4-6-8-18)23(29-9-13-32-14-10-29)28-24(27-22)30-11-15-33-16-12-30/h4-8,19H,3,9-16H2,1-2H3,(H,26,27,28). The smallest absolute Gasteiger partial charge is 0.434 e. The van der Waals surface area contributed by atoms with Crippen molar-refractivity contribution in [3.05, 3.63) is 52.9 Å². The van der Waals surface area contributed by atoms with Gasteiger partial charge >= 0.3 is 6.16 Å². The van der Waals surface area contributed by atoms with Gasteiger partial charge in [-0.25, -0.2) is 4.79 Å². The minimum Gasteiger partial charge on any atom is -0.434 e. The Hall–Kier alpha value is -3.37. The first kappa shape index (κ1) is 23.4. The van der Waals surface area contributed by atoms with Crippen LogP contribution in [0.25, 0.3) is 0 Å². The lowest BCUT2D eigenvalue weighted by molar-refractivity contribution is 0.0777. The molecule has 1 aromatic carbocycles. The van der Waals surface area contributed by atoms with E-state index < -0.39 is 6.16 Å². The Morgan fingerprint density at radius 1 is 1.03 bits per heavy atom. The van der Waals surface area contributed by atoms with E-state index >= 15 is 0 Å². The van der Waals surface area contributed by atoms with Crippen LogP contribution in [0.5, 0.6) is 0 Å². The van der Waals surface area contributed by atoms with E-state index in [9.17, 15) is 4.79 Å². The SMILES string of the molecule is CCOC(=O)OC1=C(C)Nc2nc(N3CCOCC3)nc(N3CCOCC3)c2C1c1ccccc1. The number of rotatable bonds is 5. The van der Waals surface area contributed by atoms with Crippen molar-refractivity contribution in [1.82, 2.24) is 9.97 Å². The van der Waals surface area contributed by atoms with Crippen molar-refractivity contribution in [3.8, 4) is 0 Å². The molecular weight excluding hydrogens is 450 g/mol. The minimum atomic E-state index is -0.730. The molecule has 1 aromatic heterocycles. The Bertz CT molecular complexity index is 1080. The number of morpholine rings is 2. The van der Waals surface area contributed by atoms with Gasteiger partial charge in [0.15, 0.2) is 0 Å². The molecule has 4 heterocycles. The van der Waals surface area contributed by atoms with Gasteiger partial charge in [-0.2, -0.15) is 9.97 Å². The van der Waals surface area contributed by atoms with Crippen molar-refractivity contribution in [2.75, 3.05) is 74.3 Å². The maximum atomic E-state index is 12.4. The second kappa shape index (κ2) is 10.5. The Morgan fingerprint density at radius 2 is 1.69 bits per heavy atom. The summed E-state index contributed by atoms with van der Waals surface area (Å²) in [6, 6.07) is 9.98. The fraction of sp³-hybridized carbons (Fsp3) is 0.480. The van der Waals surface area contributed by atoms with Crippen LogP contribution < -0.4 is 15.1 Å². The van der Waals surface area contributed by atoms with Gasteiger partial charge in [0.25, 0.3) is 0 Å². The largest absolute Gasteiger partial charge is 0.513 e. The molecular formula is C25H31N5O5. The van der Waals surface area contributed by atoms with Gasteiger partial charge in [0.2, 0.25) is 5.95 Å². The van der Waals surface area contributed by atoms with Crippen LogP contribution in [0.1, 0.15) is 30.9 Å². The number of ether oxygens (including phenoxy) is 4. The summed E-state index contributed by atoms with van der Waals surface area (Å²) >= 11 is 0. The van der Waals surface area contributed by atoms with E-state index in [1.807, 2.05) is 37.3 Å². The molecule has 3 aliphatic heterocycles. The summed E-state index contributed by atoms with van der Waals surface area (Å²) in [5.41, 5.74) is 2.56. The molecule has 0 bridgehead atoms. The number of hydrogen-bond acceptors (Lipinski definition) is 10. The Balaban J connectivity index is 1.66. The molecule has 0 amide bonds. The number of nitrogens with zero attached hydrogens (tertiary/aromatic N) is 4. The highest BCUT2D eigenvalue weighted by Gasteiger charge is 2.37. The van der Waals surface area contributed by atoms with Gasteiger partial charge < -0.3 is 34.1 Å². The fourth-order valence-electron chi connectivity index (χ4n) is 4.65. The zero-order valence-corrected chi connectivity index (χ0v) is 20.2. The van der Waals surface area contributed by atoms with Crippen LogP contribution in [0.2, 0.25) is 0 Å². The van der Waals surface area contributed by atoms with Crippen LogP contribution in [-0.4, -0.2) is 75.3 Å². The van der Waals surface area contributed by atoms with Crippen molar-refractivity contribution in [3.63, 3.8) is 0 Å². The monoisotopic (exact) mass is 481 g/mol. The van der Waals surface area contributed by atoms with Crippen LogP contribution in [0.4, 0.5) is 22.4 Å². The third-order valence-corrected chi connectivity index (χ3v) is 6.33. The van der Waals surface area contributed by atoms with Crippen molar-refractivity contribution >= 4 is 23.7 Å². The number of carbonyl (C=O) groups excluding carboxylic acids is 1. The molecule has 35 heavy (non-hydrogen) atoms. The molecule has 0 saturated carbocycles. The van der Waals surface area contributed by atoms with Gasteiger partial charge in [0.05, 0.1) is 50.2 Å². The summed E-state index contributed by atoms with van der Waals surface area (Å²) in [5, 5.41) is 3.40. The van der Waals surface area contributed by atoms with E-state index in [0.717, 1.165) is 30.0 Å². The summed E-state index contributed by atoms with van der Waals surface area (Å²) in [6.07, 6.45) is -0.730. The molecule has 10 nitrogen and oxygen atoms in total. The van der Waals surface area contributed by atoms with Crippen molar-refractivity contribution < 1.29 is 23.7 Å². The van der Waals surface area contributed by atoms with E-state index in [4.69, 9.17) is 28.9 Å². The van der Waals surface area contributed by atoms with Gasteiger partial charge in [0, 0.05) is 26.2 Å². The van der Waals surface area contributed by atoms with E-state index in [2.05, 4.69) is 15.1 Å². The molecule has 2 saturated heterocycles. The van der Waals surface area contributed by atoms with Crippen LogP contribution >= 0.6 is 0 Å². The predicted molar refractivity (Wildman–Crippen MR) is 131 cm³/mol. The predicted octanol–water partition coefficient (Wildman–Crippen LogP) is 3.11. The zero-order chi connectivity index (χ0) is 24.2. The van der Waals surface area contributed by atoms with Crippen molar-refractivity contribution in [1.29, 1.82) is 0 Å². The van der Waals surface area contributed by atoms with E-state index in [0.29, 0.717) is 62.7 Å². The van der Waals surface area contributed by atoms with Gasteiger partial charge in [-0.3, -0.25) is 0 Å². The first-order valence-electron chi connectivity index (χ1n) is 12.1.